The number of nitrogens with zero attached hydrogens (tertiary/aromatic N) is 1. The van der Waals surface area contributed by atoms with Gasteiger partial charge in [0.05, 0.1) is 13.2 Å². The second-order valence-electron chi connectivity index (χ2n) is 7.65. The van der Waals surface area contributed by atoms with E-state index in [0.717, 1.165) is 26.3 Å². The van der Waals surface area contributed by atoms with Gasteiger partial charge in [0.15, 0.2) is 0 Å². The van der Waals surface area contributed by atoms with Crippen LogP contribution in [0.4, 0.5) is 4.79 Å². The quantitative estimate of drug-likeness (QED) is 0.837. The molecule has 1 saturated heterocycles. The monoisotopic (exact) mass is 311 g/mol. The zero-order valence-electron chi connectivity index (χ0n) is 14.7. The maximum absolute atomic E-state index is 12.3. The summed E-state index contributed by atoms with van der Waals surface area (Å²) in [5.41, 5.74) is -0.0368. The summed E-state index contributed by atoms with van der Waals surface area (Å²) in [5.74, 6) is 1.14. The van der Waals surface area contributed by atoms with Crippen LogP contribution in [0, 0.1) is 11.8 Å². The lowest BCUT2D eigenvalue weighted by atomic mass is 9.79. The Morgan fingerprint density at radius 1 is 1.18 bits per heavy atom. The summed E-state index contributed by atoms with van der Waals surface area (Å²) in [7, 11) is 0. The number of morpholine rings is 1. The minimum absolute atomic E-state index is 0.0214. The number of urea groups is 1. The van der Waals surface area contributed by atoms with Gasteiger partial charge >= 0.3 is 6.03 Å². The molecule has 5 nitrogen and oxygen atoms in total. The third kappa shape index (κ3) is 4.59. The second-order valence-corrected chi connectivity index (χ2v) is 7.65. The molecule has 22 heavy (non-hydrogen) atoms. The average molecular weight is 311 g/mol. The molecule has 0 bridgehead atoms. The lowest BCUT2D eigenvalue weighted by molar-refractivity contribution is -0.00881. The number of ether oxygens (including phenoxy) is 1. The van der Waals surface area contributed by atoms with E-state index in [1.807, 2.05) is 0 Å². The molecular formula is C17H33N3O2. The van der Waals surface area contributed by atoms with E-state index in [0.29, 0.717) is 24.4 Å². The van der Waals surface area contributed by atoms with Crippen LogP contribution in [0.3, 0.4) is 0 Å². The number of nitrogens with one attached hydrogen (secondary N) is 2. The number of hydrogen-bond acceptors (Lipinski definition) is 3. The predicted molar refractivity (Wildman–Crippen MR) is 89.0 cm³/mol. The van der Waals surface area contributed by atoms with Gasteiger partial charge in [-0.1, -0.05) is 20.3 Å². The molecule has 1 heterocycles. The Hall–Kier alpha value is -0.810. The summed E-state index contributed by atoms with van der Waals surface area (Å²) in [5, 5.41) is 6.28. The van der Waals surface area contributed by atoms with Gasteiger partial charge in [0.25, 0.3) is 0 Å². The Kier molecular flexibility index (Phi) is 6.09. The fraction of sp³-hybridized carbons (Fsp3) is 0.941. The van der Waals surface area contributed by atoms with E-state index in [1.165, 1.54) is 19.3 Å². The van der Waals surface area contributed by atoms with Gasteiger partial charge in [-0.2, -0.15) is 0 Å². The van der Waals surface area contributed by atoms with Crippen molar-refractivity contribution in [3.8, 4) is 0 Å². The van der Waals surface area contributed by atoms with Crippen LogP contribution in [0.5, 0.6) is 0 Å². The number of amides is 2. The van der Waals surface area contributed by atoms with E-state index >= 15 is 0 Å². The van der Waals surface area contributed by atoms with Gasteiger partial charge in [-0.05, 0) is 38.5 Å². The fourth-order valence-corrected chi connectivity index (χ4v) is 3.75. The Bertz CT molecular complexity index is 357. The van der Waals surface area contributed by atoms with E-state index in [4.69, 9.17) is 4.74 Å². The summed E-state index contributed by atoms with van der Waals surface area (Å²) >= 11 is 0. The first-order valence-electron chi connectivity index (χ1n) is 8.77. The highest BCUT2D eigenvalue weighted by molar-refractivity contribution is 5.74. The molecule has 1 aliphatic carbocycles. The number of rotatable bonds is 4. The van der Waals surface area contributed by atoms with Crippen molar-refractivity contribution < 1.29 is 9.53 Å². The van der Waals surface area contributed by atoms with Gasteiger partial charge in [0.1, 0.15) is 0 Å². The Morgan fingerprint density at radius 3 is 2.36 bits per heavy atom. The maximum atomic E-state index is 12.3. The number of hydrogen-bond donors (Lipinski definition) is 2. The summed E-state index contributed by atoms with van der Waals surface area (Å²) in [6.45, 7) is 13.0. The fourth-order valence-electron chi connectivity index (χ4n) is 3.75. The molecule has 2 aliphatic rings. The highest BCUT2D eigenvalue weighted by Gasteiger charge is 2.31. The molecule has 2 amide bonds. The van der Waals surface area contributed by atoms with Crippen LogP contribution in [0.25, 0.3) is 0 Å². The molecule has 2 fully saturated rings. The Morgan fingerprint density at radius 2 is 1.77 bits per heavy atom. The Balaban J connectivity index is 1.78. The van der Waals surface area contributed by atoms with Crippen molar-refractivity contribution in [3.63, 3.8) is 0 Å². The molecule has 128 valence electrons. The zero-order valence-corrected chi connectivity index (χ0v) is 14.7. The van der Waals surface area contributed by atoms with Gasteiger partial charge < -0.3 is 15.4 Å². The first-order valence-corrected chi connectivity index (χ1v) is 8.77. The van der Waals surface area contributed by atoms with Crippen LogP contribution in [-0.2, 0) is 4.74 Å². The first kappa shape index (κ1) is 17.5. The SMILES string of the molecule is C[C@@H]1CCC[C@@H](C)C1NC(=O)NCC(C)(C)N1CCOCC1. The van der Waals surface area contributed by atoms with Crippen molar-refractivity contribution in [1.29, 1.82) is 0 Å². The highest BCUT2D eigenvalue weighted by atomic mass is 16.5. The molecule has 0 aromatic heterocycles. The van der Waals surface area contributed by atoms with Crippen molar-refractivity contribution in [2.75, 3.05) is 32.8 Å². The third-order valence-electron chi connectivity index (χ3n) is 5.39. The normalized spacial score (nSPS) is 28.4. The van der Waals surface area contributed by atoms with Crippen LogP contribution >= 0.6 is 0 Å². The third-order valence-corrected chi connectivity index (χ3v) is 5.39. The molecule has 0 aromatic carbocycles. The van der Waals surface area contributed by atoms with Crippen LogP contribution in [0.1, 0.15) is 47.0 Å². The van der Waals surface area contributed by atoms with E-state index in [-0.39, 0.29) is 11.6 Å². The minimum Gasteiger partial charge on any atom is -0.379 e. The lowest BCUT2D eigenvalue weighted by Gasteiger charge is -2.41. The van der Waals surface area contributed by atoms with Gasteiger partial charge in [0.2, 0.25) is 0 Å². The molecule has 2 rings (SSSR count). The highest BCUT2D eigenvalue weighted by Crippen LogP contribution is 2.28. The largest absolute Gasteiger partial charge is 0.379 e. The van der Waals surface area contributed by atoms with E-state index < -0.39 is 0 Å². The van der Waals surface area contributed by atoms with E-state index in [1.54, 1.807) is 0 Å². The van der Waals surface area contributed by atoms with Crippen LogP contribution in [0.2, 0.25) is 0 Å². The molecule has 0 spiro atoms. The van der Waals surface area contributed by atoms with Crippen molar-refractivity contribution in [1.82, 2.24) is 15.5 Å². The van der Waals surface area contributed by atoms with Crippen molar-refractivity contribution in [2.45, 2.75) is 58.5 Å². The lowest BCUT2D eigenvalue weighted by Crippen LogP contribution is -2.57. The zero-order chi connectivity index (χ0) is 16.2. The smallest absolute Gasteiger partial charge is 0.315 e. The topological polar surface area (TPSA) is 53.6 Å². The summed E-state index contributed by atoms with van der Waals surface area (Å²) in [6, 6.07) is 0.284. The molecular weight excluding hydrogens is 278 g/mol. The van der Waals surface area contributed by atoms with Crippen LogP contribution in [-0.4, -0.2) is 55.4 Å². The molecule has 5 heteroatoms. The second kappa shape index (κ2) is 7.64. The van der Waals surface area contributed by atoms with Gasteiger partial charge in [-0.3, -0.25) is 4.90 Å². The Labute approximate surface area is 135 Å². The standard InChI is InChI=1S/C17H33N3O2/c1-13-6-5-7-14(2)15(13)19-16(21)18-12-17(3,4)20-8-10-22-11-9-20/h13-15H,5-12H2,1-4H3,(H2,18,19,21)/t13-,14-/m1/s1. The van der Waals surface area contributed by atoms with Gasteiger partial charge in [-0.25, -0.2) is 4.79 Å². The number of carbonyl (C=O) groups excluding carboxylic acids is 1. The van der Waals surface area contributed by atoms with E-state index in [9.17, 15) is 4.79 Å². The van der Waals surface area contributed by atoms with Crippen LogP contribution in [0.15, 0.2) is 0 Å². The van der Waals surface area contributed by atoms with Crippen molar-refractivity contribution in [2.24, 2.45) is 11.8 Å². The van der Waals surface area contributed by atoms with Gasteiger partial charge in [-0.15, -0.1) is 0 Å². The number of carbonyl (C=O) groups is 1. The van der Waals surface area contributed by atoms with Crippen molar-refractivity contribution >= 4 is 6.03 Å². The minimum atomic E-state index is -0.0368. The molecule has 0 aromatic rings. The van der Waals surface area contributed by atoms with Crippen molar-refractivity contribution in [3.05, 3.63) is 0 Å². The molecule has 2 atom stereocenters. The maximum Gasteiger partial charge on any atom is 0.315 e. The summed E-state index contributed by atoms with van der Waals surface area (Å²) in [4.78, 5) is 14.7. The van der Waals surface area contributed by atoms with E-state index in [2.05, 4.69) is 43.2 Å². The average Bonchev–Trinajstić information content (AvgIpc) is 2.50. The summed E-state index contributed by atoms with van der Waals surface area (Å²) in [6.07, 6.45) is 3.72. The molecule has 0 radical (unpaired) electrons. The molecule has 1 saturated carbocycles. The van der Waals surface area contributed by atoms with Crippen LogP contribution < -0.4 is 10.6 Å². The first-order chi connectivity index (χ1) is 10.4. The molecule has 2 N–H and O–H groups in total. The molecule has 0 unspecified atom stereocenters. The summed E-state index contributed by atoms with van der Waals surface area (Å²) < 4.78 is 5.40. The molecule has 1 aliphatic heterocycles. The van der Waals surface area contributed by atoms with Gasteiger partial charge in [0, 0.05) is 31.2 Å². The predicted octanol–water partition coefficient (Wildman–Crippen LogP) is 2.22.